The van der Waals surface area contributed by atoms with Crippen LogP contribution in [0, 0.1) is 0 Å². The Labute approximate surface area is 183 Å². The number of fused-ring (bicyclic) bond motifs is 2. The number of hydrogen-bond acceptors (Lipinski definition) is 0. The molecule has 0 saturated carbocycles. The maximum Gasteiger partial charge on any atom is 0.248 e. The molecule has 0 radical (unpaired) electrons. The fourth-order valence-electron chi connectivity index (χ4n) is 4.45. The van der Waals surface area contributed by atoms with E-state index in [0.717, 1.165) is 6.54 Å². The molecule has 0 spiro atoms. The lowest BCUT2D eigenvalue weighted by molar-refractivity contribution is -0.696. The van der Waals surface area contributed by atoms with E-state index in [1.807, 2.05) is 0 Å². The fourth-order valence-corrected chi connectivity index (χ4v) is 4.45. The summed E-state index contributed by atoms with van der Waals surface area (Å²) in [6.45, 7) is 3.34. The van der Waals surface area contributed by atoms with Gasteiger partial charge in [0.15, 0.2) is 0 Å². The van der Waals surface area contributed by atoms with Crippen molar-refractivity contribution in [2.45, 2.75) is 39.2 Å². The van der Waals surface area contributed by atoms with Gasteiger partial charge in [-0.15, -0.1) is 0 Å². The summed E-state index contributed by atoms with van der Waals surface area (Å²) < 4.78 is 8.83. The quantitative estimate of drug-likeness (QED) is 0.198. The van der Waals surface area contributed by atoms with Crippen LogP contribution in [0.15, 0.2) is 86.0 Å². The zero-order chi connectivity index (χ0) is 21.2. The minimum Gasteiger partial charge on any atom is -0.239 e. The fraction of sp³-hybridized carbons (Fsp3) is 0.259. The first-order chi connectivity index (χ1) is 15.2. The smallest absolute Gasteiger partial charge is 0.239 e. The minimum absolute atomic E-state index is 1.08. The molecule has 0 aliphatic heterocycles. The van der Waals surface area contributed by atoms with Gasteiger partial charge in [-0.3, -0.25) is 0 Å². The number of unbranched alkanes of at least 4 members (excludes halogenated alkanes) is 3. The molecule has 5 aromatic rings. The first kappa shape index (κ1) is 19.6. The third kappa shape index (κ3) is 3.86. The third-order valence-electron chi connectivity index (χ3n) is 6.12. The summed E-state index contributed by atoms with van der Waals surface area (Å²) in [6, 6.07) is 17.8. The Bertz CT molecular complexity index is 1340. The molecule has 0 saturated heterocycles. The van der Waals surface area contributed by atoms with Crippen molar-refractivity contribution < 1.29 is 9.13 Å². The van der Waals surface area contributed by atoms with E-state index in [1.54, 1.807) is 0 Å². The Morgan fingerprint density at radius 1 is 0.742 bits per heavy atom. The SMILES string of the molecule is CCCCCC[n+]1ccn(-c2cccc3cc4cccc(-n5cc[n+](C)c5)c4cc23)c1. The number of benzene rings is 3. The van der Waals surface area contributed by atoms with Crippen molar-refractivity contribution in [2.24, 2.45) is 7.05 Å². The van der Waals surface area contributed by atoms with Gasteiger partial charge in [-0.1, -0.05) is 44.0 Å². The second kappa shape index (κ2) is 8.38. The number of imidazole rings is 2. The molecule has 0 fully saturated rings. The van der Waals surface area contributed by atoms with Gasteiger partial charge in [-0.2, -0.15) is 0 Å². The molecule has 0 amide bonds. The van der Waals surface area contributed by atoms with Crippen molar-refractivity contribution in [3.8, 4) is 11.4 Å². The normalized spacial score (nSPS) is 11.5. The summed E-state index contributed by atoms with van der Waals surface area (Å²) >= 11 is 0. The summed E-state index contributed by atoms with van der Waals surface area (Å²) in [5, 5.41) is 5.06. The predicted octanol–water partition coefficient (Wildman–Crippen LogP) is 5.27. The third-order valence-corrected chi connectivity index (χ3v) is 6.12. The Balaban J connectivity index is 1.58. The van der Waals surface area contributed by atoms with E-state index >= 15 is 0 Å². The van der Waals surface area contributed by atoms with Gasteiger partial charge in [0.05, 0.1) is 13.6 Å². The number of aromatic nitrogens is 4. The van der Waals surface area contributed by atoms with Crippen LogP contribution in [0.25, 0.3) is 32.9 Å². The highest BCUT2D eigenvalue weighted by atomic mass is 15.1. The average molecular weight is 411 g/mol. The molecule has 0 bridgehead atoms. The molecule has 4 heteroatoms. The van der Waals surface area contributed by atoms with Crippen molar-refractivity contribution in [1.29, 1.82) is 0 Å². The van der Waals surface area contributed by atoms with E-state index in [1.165, 1.54) is 58.6 Å². The van der Waals surface area contributed by atoms with Crippen molar-refractivity contribution in [1.82, 2.24) is 9.13 Å². The van der Waals surface area contributed by atoms with E-state index in [-0.39, 0.29) is 0 Å². The van der Waals surface area contributed by atoms with Crippen molar-refractivity contribution >= 4 is 21.5 Å². The topological polar surface area (TPSA) is 17.6 Å². The summed E-state index contributed by atoms with van der Waals surface area (Å²) in [7, 11) is 2.05. The highest BCUT2D eigenvalue weighted by molar-refractivity contribution is 6.04. The summed E-state index contributed by atoms with van der Waals surface area (Å²) in [4.78, 5) is 0. The summed E-state index contributed by atoms with van der Waals surface area (Å²) in [5.74, 6) is 0. The van der Waals surface area contributed by atoms with Gasteiger partial charge in [0.2, 0.25) is 12.7 Å². The second-order valence-corrected chi connectivity index (χ2v) is 8.45. The molecule has 0 aliphatic rings. The minimum atomic E-state index is 1.08. The van der Waals surface area contributed by atoms with E-state index < -0.39 is 0 Å². The van der Waals surface area contributed by atoms with Crippen LogP contribution in [0.1, 0.15) is 32.6 Å². The zero-order valence-electron chi connectivity index (χ0n) is 18.4. The lowest BCUT2D eigenvalue weighted by atomic mass is 10.0. The molecule has 0 aliphatic carbocycles. The number of aryl methyl sites for hydroxylation is 2. The first-order valence-electron chi connectivity index (χ1n) is 11.3. The molecule has 31 heavy (non-hydrogen) atoms. The summed E-state index contributed by atoms with van der Waals surface area (Å²) in [6.07, 6.45) is 18.0. The van der Waals surface area contributed by atoms with Gasteiger partial charge in [-0.25, -0.2) is 18.3 Å². The second-order valence-electron chi connectivity index (χ2n) is 8.45. The maximum atomic E-state index is 2.35. The van der Waals surface area contributed by atoms with Crippen molar-refractivity contribution in [3.63, 3.8) is 0 Å². The molecule has 3 aromatic carbocycles. The molecular formula is C27H30N4+2. The lowest BCUT2D eigenvalue weighted by Crippen LogP contribution is -2.30. The van der Waals surface area contributed by atoms with E-state index in [4.69, 9.17) is 0 Å². The van der Waals surface area contributed by atoms with Crippen molar-refractivity contribution in [2.75, 3.05) is 0 Å². The van der Waals surface area contributed by atoms with Gasteiger partial charge < -0.3 is 0 Å². The predicted molar refractivity (Wildman–Crippen MR) is 126 cm³/mol. The van der Waals surface area contributed by atoms with Crippen LogP contribution in [-0.4, -0.2) is 9.13 Å². The largest absolute Gasteiger partial charge is 0.248 e. The first-order valence-corrected chi connectivity index (χ1v) is 11.3. The van der Waals surface area contributed by atoms with Crippen LogP contribution in [0.5, 0.6) is 0 Å². The standard InChI is InChI=1S/C27H30N4/c1-3-4-5-6-13-29-15-17-31(21-29)27-12-8-10-23-18-22-9-7-11-26(24(22)19-25(23)27)30-16-14-28(2)20-30/h7-12,14-21H,3-6,13H2,1-2H3/q+2. The van der Waals surface area contributed by atoms with Crippen LogP contribution in [0.2, 0.25) is 0 Å². The number of rotatable bonds is 7. The molecular weight excluding hydrogens is 380 g/mol. The number of nitrogens with zero attached hydrogens (tertiary/aromatic N) is 4. The van der Waals surface area contributed by atoms with Crippen LogP contribution in [0.4, 0.5) is 0 Å². The Hall–Kier alpha value is -3.40. The van der Waals surface area contributed by atoms with Crippen molar-refractivity contribution in [3.05, 3.63) is 86.0 Å². The highest BCUT2D eigenvalue weighted by Crippen LogP contribution is 2.30. The van der Waals surface area contributed by atoms with Crippen LogP contribution in [0.3, 0.4) is 0 Å². The van der Waals surface area contributed by atoms with Gasteiger partial charge >= 0.3 is 0 Å². The molecule has 5 rings (SSSR count). The molecule has 0 atom stereocenters. The molecule has 2 heterocycles. The Morgan fingerprint density at radius 3 is 2.06 bits per heavy atom. The average Bonchev–Trinajstić information content (AvgIpc) is 3.43. The number of hydrogen-bond donors (Lipinski definition) is 0. The molecule has 2 aromatic heterocycles. The zero-order valence-corrected chi connectivity index (χ0v) is 18.4. The highest BCUT2D eigenvalue weighted by Gasteiger charge is 2.14. The van der Waals surface area contributed by atoms with E-state index in [2.05, 4.69) is 118 Å². The Morgan fingerprint density at radius 2 is 1.42 bits per heavy atom. The van der Waals surface area contributed by atoms with Gasteiger partial charge in [0.1, 0.15) is 36.2 Å². The van der Waals surface area contributed by atoms with Gasteiger partial charge in [-0.05, 0) is 47.9 Å². The molecule has 0 N–H and O–H groups in total. The molecule has 4 nitrogen and oxygen atoms in total. The molecule has 0 unspecified atom stereocenters. The van der Waals surface area contributed by atoms with Crippen LogP contribution < -0.4 is 9.13 Å². The van der Waals surface area contributed by atoms with Crippen LogP contribution in [-0.2, 0) is 13.6 Å². The van der Waals surface area contributed by atoms with E-state index in [0.29, 0.717) is 0 Å². The monoisotopic (exact) mass is 410 g/mol. The lowest BCUT2D eigenvalue weighted by Gasteiger charge is -2.08. The maximum absolute atomic E-state index is 2.35. The summed E-state index contributed by atoms with van der Waals surface area (Å²) in [5.41, 5.74) is 2.42. The van der Waals surface area contributed by atoms with Gasteiger partial charge in [0.25, 0.3) is 0 Å². The van der Waals surface area contributed by atoms with Gasteiger partial charge in [0, 0.05) is 10.8 Å². The Kier molecular flexibility index (Phi) is 5.29. The molecule has 156 valence electrons. The van der Waals surface area contributed by atoms with E-state index in [9.17, 15) is 0 Å². The van der Waals surface area contributed by atoms with Crippen LogP contribution >= 0.6 is 0 Å².